The minimum absolute atomic E-state index is 0.127. The van der Waals surface area contributed by atoms with Crippen molar-refractivity contribution in [2.45, 2.75) is 13.8 Å². The van der Waals surface area contributed by atoms with Crippen LogP contribution in [0.1, 0.15) is 24.2 Å². The Balaban J connectivity index is 0.00000145. The number of pyridine rings is 2. The summed E-state index contributed by atoms with van der Waals surface area (Å²) in [6, 6.07) is 5.09. The summed E-state index contributed by atoms with van der Waals surface area (Å²) in [7, 11) is 2.62. The van der Waals surface area contributed by atoms with Crippen molar-refractivity contribution in [2.75, 3.05) is 14.2 Å². The minimum atomic E-state index is -1.00. The van der Waals surface area contributed by atoms with Crippen LogP contribution in [0.15, 0.2) is 36.7 Å². The third kappa shape index (κ3) is 4.54. The second-order valence-electron chi connectivity index (χ2n) is 5.21. The van der Waals surface area contributed by atoms with Gasteiger partial charge in [-0.05, 0) is 12.1 Å². The molecular formula is C19H18FN3O6. The molecule has 0 aliphatic carbocycles. The highest BCUT2D eigenvalue weighted by Crippen LogP contribution is 2.34. The largest absolute Gasteiger partial charge is 0.496 e. The van der Waals surface area contributed by atoms with Crippen LogP contribution in [0.3, 0.4) is 0 Å². The fourth-order valence-electron chi connectivity index (χ4n) is 2.37. The van der Waals surface area contributed by atoms with Crippen molar-refractivity contribution in [1.82, 2.24) is 9.97 Å². The van der Waals surface area contributed by atoms with E-state index in [2.05, 4.69) is 9.97 Å². The molecule has 29 heavy (non-hydrogen) atoms. The molecule has 3 rings (SSSR count). The maximum Gasteiger partial charge on any atom is 0.341 e. The third-order valence-electron chi connectivity index (χ3n) is 3.64. The molecule has 0 aliphatic heterocycles. The Morgan fingerprint density at radius 3 is 2.45 bits per heavy atom. The van der Waals surface area contributed by atoms with Gasteiger partial charge in [0.05, 0.1) is 30.7 Å². The van der Waals surface area contributed by atoms with Gasteiger partial charge < -0.3 is 14.2 Å². The summed E-state index contributed by atoms with van der Waals surface area (Å²) in [4.78, 5) is 29.7. The second-order valence-corrected chi connectivity index (χ2v) is 5.21. The van der Waals surface area contributed by atoms with Crippen LogP contribution in [0.25, 0.3) is 10.9 Å². The van der Waals surface area contributed by atoms with Gasteiger partial charge >= 0.3 is 5.97 Å². The van der Waals surface area contributed by atoms with Crippen molar-refractivity contribution in [3.8, 4) is 17.4 Å². The number of halogens is 1. The molecule has 9 nitrogen and oxygen atoms in total. The molecule has 3 aromatic rings. The van der Waals surface area contributed by atoms with E-state index in [4.69, 9.17) is 14.2 Å². The third-order valence-corrected chi connectivity index (χ3v) is 3.64. The maximum absolute atomic E-state index is 14.1. The molecule has 0 fully saturated rings. The number of ether oxygens (including phenoxy) is 3. The lowest BCUT2D eigenvalue weighted by Gasteiger charge is -2.12. The van der Waals surface area contributed by atoms with Crippen LogP contribution in [0.2, 0.25) is 0 Å². The van der Waals surface area contributed by atoms with Crippen LogP contribution in [0.5, 0.6) is 17.4 Å². The monoisotopic (exact) mass is 403 g/mol. The Labute approximate surface area is 165 Å². The summed E-state index contributed by atoms with van der Waals surface area (Å²) >= 11 is 0. The zero-order valence-electron chi connectivity index (χ0n) is 16.1. The highest BCUT2D eigenvalue weighted by Gasteiger charge is 2.19. The molecule has 1 aromatic carbocycles. The number of rotatable bonds is 5. The SMILES string of the molecule is CC.COC(=O)c1cc2c(Oc3ncc([N+](=O)[O-])cc3F)ccnc2cc1OC. The van der Waals surface area contributed by atoms with Gasteiger partial charge in [0, 0.05) is 17.6 Å². The Morgan fingerprint density at radius 1 is 1.14 bits per heavy atom. The Hall–Kier alpha value is -3.82. The van der Waals surface area contributed by atoms with Crippen LogP contribution in [-0.2, 0) is 4.74 Å². The number of benzene rings is 1. The summed E-state index contributed by atoms with van der Waals surface area (Å²) < 4.78 is 29.4. The van der Waals surface area contributed by atoms with Gasteiger partial charge in [0.2, 0.25) is 0 Å². The van der Waals surface area contributed by atoms with E-state index in [-0.39, 0.29) is 17.1 Å². The molecule has 0 unspecified atom stereocenters. The number of carbonyl (C=O) groups is 1. The molecule has 2 aromatic heterocycles. The highest BCUT2D eigenvalue weighted by atomic mass is 19.1. The molecule has 0 saturated heterocycles. The molecule has 0 N–H and O–H groups in total. The lowest BCUT2D eigenvalue weighted by atomic mass is 10.1. The van der Waals surface area contributed by atoms with Gasteiger partial charge in [0.1, 0.15) is 23.3 Å². The van der Waals surface area contributed by atoms with Gasteiger partial charge in [-0.3, -0.25) is 15.1 Å². The molecule has 0 aliphatic rings. The predicted octanol–water partition coefficient (Wildman–Crippen LogP) is 4.29. The summed E-state index contributed by atoms with van der Waals surface area (Å²) in [6.45, 7) is 4.00. The summed E-state index contributed by atoms with van der Waals surface area (Å²) in [6.07, 6.45) is 2.29. The second kappa shape index (κ2) is 9.40. The summed E-state index contributed by atoms with van der Waals surface area (Å²) in [5, 5.41) is 11.1. The highest BCUT2D eigenvalue weighted by molar-refractivity contribution is 5.99. The maximum atomic E-state index is 14.1. The number of carbonyl (C=O) groups excluding carboxylic acids is 1. The number of fused-ring (bicyclic) bond motifs is 1. The van der Waals surface area contributed by atoms with Crippen molar-refractivity contribution < 1.29 is 28.3 Å². The molecule has 0 spiro atoms. The number of hydrogen-bond donors (Lipinski definition) is 0. The average Bonchev–Trinajstić information content (AvgIpc) is 2.75. The Kier molecular flexibility index (Phi) is 6.96. The molecule has 10 heteroatoms. The quantitative estimate of drug-likeness (QED) is 0.352. The topological polar surface area (TPSA) is 114 Å². The molecule has 0 bridgehead atoms. The number of hydrogen-bond acceptors (Lipinski definition) is 8. The Morgan fingerprint density at radius 2 is 1.86 bits per heavy atom. The number of methoxy groups -OCH3 is 2. The standard InChI is InChI=1S/C17H12FN3O6.C2H6/c1-25-15-7-13-10(6-11(15)17(22)26-2)14(3-4-19-13)27-16-12(18)5-9(8-20-16)21(23)24;1-2/h3-8H,1-2H3;1-2H3. The summed E-state index contributed by atoms with van der Waals surface area (Å²) in [5.74, 6) is -1.70. The fraction of sp³-hybridized carbons (Fsp3) is 0.211. The van der Waals surface area contributed by atoms with Gasteiger partial charge in [0.25, 0.3) is 11.6 Å². The lowest BCUT2D eigenvalue weighted by molar-refractivity contribution is -0.385. The van der Waals surface area contributed by atoms with Crippen molar-refractivity contribution in [3.63, 3.8) is 0 Å². The predicted molar refractivity (Wildman–Crippen MR) is 102 cm³/mol. The fourth-order valence-corrected chi connectivity index (χ4v) is 2.37. The summed E-state index contributed by atoms with van der Waals surface area (Å²) in [5.41, 5.74) is 0.0407. The molecule has 152 valence electrons. The Bertz CT molecular complexity index is 1060. The normalized spacial score (nSPS) is 9.97. The van der Waals surface area contributed by atoms with Crippen LogP contribution in [0, 0.1) is 15.9 Å². The molecule has 0 atom stereocenters. The van der Waals surface area contributed by atoms with Crippen molar-refractivity contribution in [1.29, 1.82) is 0 Å². The van der Waals surface area contributed by atoms with E-state index >= 15 is 0 Å². The lowest BCUT2D eigenvalue weighted by Crippen LogP contribution is -2.04. The van der Waals surface area contributed by atoms with E-state index in [0.29, 0.717) is 17.0 Å². The van der Waals surface area contributed by atoms with Crippen molar-refractivity contribution in [3.05, 3.63) is 58.2 Å². The van der Waals surface area contributed by atoms with Crippen LogP contribution < -0.4 is 9.47 Å². The molecule has 0 saturated carbocycles. The zero-order chi connectivity index (χ0) is 21.6. The number of nitro groups is 1. The van der Waals surface area contributed by atoms with Crippen molar-refractivity contribution >= 4 is 22.6 Å². The van der Waals surface area contributed by atoms with Gasteiger partial charge in [-0.1, -0.05) is 13.8 Å². The van der Waals surface area contributed by atoms with Crippen LogP contribution >= 0.6 is 0 Å². The van der Waals surface area contributed by atoms with E-state index in [1.54, 1.807) is 0 Å². The molecular weight excluding hydrogens is 385 g/mol. The first-order valence-electron chi connectivity index (χ1n) is 8.47. The van der Waals surface area contributed by atoms with Gasteiger partial charge in [-0.15, -0.1) is 0 Å². The first-order valence-corrected chi connectivity index (χ1v) is 8.47. The van der Waals surface area contributed by atoms with E-state index in [9.17, 15) is 19.3 Å². The van der Waals surface area contributed by atoms with Crippen LogP contribution in [-0.4, -0.2) is 35.1 Å². The molecule has 0 radical (unpaired) electrons. The van der Waals surface area contributed by atoms with Gasteiger partial charge in [-0.2, -0.15) is 0 Å². The average molecular weight is 403 g/mol. The van der Waals surface area contributed by atoms with Crippen LogP contribution in [0.4, 0.5) is 10.1 Å². The molecule has 2 heterocycles. The van der Waals surface area contributed by atoms with Gasteiger partial charge in [0.15, 0.2) is 5.82 Å². The first-order chi connectivity index (χ1) is 13.9. The molecule has 0 amide bonds. The van der Waals surface area contributed by atoms with E-state index in [1.807, 2.05) is 13.8 Å². The van der Waals surface area contributed by atoms with E-state index in [1.165, 1.54) is 38.6 Å². The smallest absolute Gasteiger partial charge is 0.341 e. The van der Waals surface area contributed by atoms with E-state index < -0.39 is 28.3 Å². The number of nitrogens with zero attached hydrogens (tertiary/aromatic N) is 3. The van der Waals surface area contributed by atoms with Crippen molar-refractivity contribution in [2.24, 2.45) is 0 Å². The number of esters is 1. The minimum Gasteiger partial charge on any atom is -0.496 e. The van der Waals surface area contributed by atoms with E-state index in [0.717, 1.165) is 6.20 Å². The first kappa shape index (κ1) is 21.5. The zero-order valence-corrected chi connectivity index (χ0v) is 16.1. The van der Waals surface area contributed by atoms with Gasteiger partial charge in [-0.25, -0.2) is 14.2 Å². The number of aromatic nitrogens is 2.